The predicted octanol–water partition coefficient (Wildman–Crippen LogP) is 3.82. The number of hydrogen-bond donors (Lipinski definition) is 0. The molecule has 0 aromatic heterocycles. The first kappa shape index (κ1) is 15.5. The number of nitrogens with zero attached hydrogens (tertiary/aromatic N) is 1. The summed E-state index contributed by atoms with van der Waals surface area (Å²) in [6, 6.07) is 18.6. The monoisotopic (exact) mass is 307 g/mol. The first-order chi connectivity index (χ1) is 11.2. The van der Waals surface area contributed by atoms with Gasteiger partial charge in [0.1, 0.15) is 0 Å². The summed E-state index contributed by atoms with van der Waals surface area (Å²) in [4.78, 5) is 25.3. The van der Waals surface area contributed by atoms with E-state index in [1.165, 1.54) is 16.0 Å². The van der Waals surface area contributed by atoms with Crippen molar-refractivity contribution in [3.8, 4) is 11.1 Å². The van der Waals surface area contributed by atoms with Crippen LogP contribution in [0.3, 0.4) is 0 Å². The van der Waals surface area contributed by atoms with Crippen molar-refractivity contribution in [2.24, 2.45) is 0 Å². The molecule has 0 radical (unpaired) electrons. The predicted molar refractivity (Wildman–Crippen MR) is 90.7 cm³/mol. The Bertz CT molecular complexity index is 675. The van der Waals surface area contributed by atoms with Crippen molar-refractivity contribution in [3.05, 3.63) is 60.2 Å². The van der Waals surface area contributed by atoms with Crippen LogP contribution in [0.25, 0.3) is 11.1 Å². The molecule has 1 saturated heterocycles. The van der Waals surface area contributed by atoms with Crippen LogP contribution in [-0.2, 0) is 16.0 Å². The van der Waals surface area contributed by atoms with Crippen molar-refractivity contribution in [1.29, 1.82) is 0 Å². The summed E-state index contributed by atoms with van der Waals surface area (Å²) in [7, 11) is 0. The number of rotatable bonds is 5. The lowest BCUT2D eigenvalue weighted by molar-refractivity contribution is -0.141. The third kappa shape index (κ3) is 3.34. The zero-order valence-electron chi connectivity index (χ0n) is 13.4. The molecule has 118 valence electrons. The molecule has 3 nitrogen and oxygen atoms in total. The van der Waals surface area contributed by atoms with Crippen molar-refractivity contribution in [2.45, 2.75) is 38.6 Å². The van der Waals surface area contributed by atoms with Gasteiger partial charge in [-0.2, -0.15) is 0 Å². The van der Waals surface area contributed by atoms with Crippen molar-refractivity contribution in [3.63, 3.8) is 0 Å². The van der Waals surface area contributed by atoms with Crippen molar-refractivity contribution < 1.29 is 9.59 Å². The highest BCUT2D eigenvalue weighted by Gasteiger charge is 2.33. The van der Waals surface area contributed by atoms with Gasteiger partial charge < -0.3 is 0 Å². The molecule has 1 fully saturated rings. The molecular weight excluding hydrogens is 286 g/mol. The van der Waals surface area contributed by atoms with E-state index in [4.69, 9.17) is 0 Å². The van der Waals surface area contributed by atoms with E-state index in [-0.39, 0.29) is 17.9 Å². The summed E-state index contributed by atoms with van der Waals surface area (Å²) in [5.41, 5.74) is 3.52. The molecule has 0 spiro atoms. The molecule has 0 bridgehead atoms. The number of hydrogen-bond acceptors (Lipinski definition) is 2. The molecule has 3 heteroatoms. The van der Waals surface area contributed by atoms with Gasteiger partial charge in [0, 0.05) is 18.9 Å². The number of amides is 2. The number of benzene rings is 2. The Morgan fingerprint density at radius 1 is 0.870 bits per heavy atom. The fourth-order valence-corrected chi connectivity index (χ4v) is 3.16. The highest BCUT2D eigenvalue weighted by molar-refractivity contribution is 6.02. The first-order valence-corrected chi connectivity index (χ1v) is 8.18. The fourth-order valence-electron chi connectivity index (χ4n) is 3.16. The summed E-state index contributed by atoms with van der Waals surface area (Å²) >= 11 is 0. The Balaban J connectivity index is 1.74. The molecule has 2 amide bonds. The lowest BCUT2D eigenvalue weighted by Crippen LogP contribution is -2.40. The van der Waals surface area contributed by atoms with Gasteiger partial charge in [0.2, 0.25) is 11.8 Å². The van der Waals surface area contributed by atoms with Crippen LogP contribution in [0, 0.1) is 0 Å². The zero-order chi connectivity index (χ0) is 16.2. The second kappa shape index (κ2) is 6.78. The second-order valence-corrected chi connectivity index (χ2v) is 5.99. The van der Waals surface area contributed by atoms with Crippen LogP contribution in [0.4, 0.5) is 0 Å². The van der Waals surface area contributed by atoms with Gasteiger partial charge in [-0.05, 0) is 29.5 Å². The molecule has 1 atom stereocenters. The molecule has 23 heavy (non-hydrogen) atoms. The highest BCUT2D eigenvalue weighted by Crippen LogP contribution is 2.23. The Labute approximate surface area is 136 Å². The molecule has 1 aliphatic heterocycles. The van der Waals surface area contributed by atoms with Crippen LogP contribution in [0.5, 0.6) is 0 Å². The van der Waals surface area contributed by atoms with E-state index in [1.54, 1.807) is 0 Å². The molecule has 0 aliphatic carbocycles. The second-order valence-electron chi connectivity index (χ2n) is 5.99. The standard InChI is InChI=1S/C20H21NO2/c1-2-18(21-19(22)12-13-20(21)23)14-15-8-10-17(11-9-15)16-6-4-3-5-7-16/h3-11,18H,2,12-14H2,1H3/t18-/m0/s1. The minimum absolute atomic E-state index is 0.0252. The maximum Gasteiger partial charge on any atom is 0.229 e. The van der Waals surface area contributed by atoms with Crippen LogP contribution >= 0.6 is 0 Å². The van der Waals surface area contributed by atoms with E-state index in [0.29, 0.717) is 12.8 Å². The summed E-state index contributed by atoms with van der Waals surface area (Å²) < 4.78 is 0. The number of carbonyl (C=O) groups excluding carboxylic acids is 2. The molecule has 2 aromatic rings. The van der Waals surface area contributed by atoms with Crippen molar-refractivity contribution >= 4 is 11.8 Å². The smallest absolute Gasteiger partial charge is 0.229 e. The van der Waals surface area contributed by atoms with Crippen molar-refractivity contribution in [1.82, 2.24) is 4.90 Å². The van der Waals surface area contributed by atoms with Crippen LogP contribution in [0.15, 0.2) is 54.6 Å². The van der Waals surface area contributed by atoms with E-state index >= 15 is 0 Å². The lowest BCUT2D eigenvalue weighted by atomic mass is 9.99. The van der Waals surface area contributed by atoms with Crippen LogP contribution < -0.4 is 0 Å². The Morgan fingerprint density at radius 3 is 2.00 bits per heavy atom. The summed E-state index contributed by atoms with van der Waals surface area (Å²) in [5, 5.41) is 0. The summed E-state index contributed by atoms with van der Waals surface area (Å²) in [6.45, 7) is 2.03. The molecule has 2 aromatic carbocycles. The summed E-state index contributed by atoms with van der Waals surface area (Å²) in [6.07, 6.45) is 2.24. The quantitative estimate of drug-likeness (QED) is 0.787. The average molecular weight is 307 g/mol. The van der Waals surface area contributed by atoms with E-state index in [2.05, 4.69) is 36.4 Å². The van der Waals surface area contributed by atoms with Gasteiger partial charge in [-0.3, -0.25) is 14.5 Å². The number of carbonyl (C=O) groups is 2. The van der Waals surface area contributed by atoms with Crippen LogP contribution in [-0.4, -0.2) is 22.8 Å². The number of likely N-dealkylation sites (tertiary alicyclic amines) is 1. The third-order valence-electron chi connectivity index (χ3n) is 4.46. The number of imide groups is 1. The van der Waals surface area contributed by atoms with Crippen molar-refractivity contribution in [2.75, 3.05) is 0 Å². The topological polar surface area (TPSA) is 37.4 Å². The van der Waals surface area contributed by atoms with Gasteiger partial charge >= 0.3 is 0 Å². The van der Waals surface area contributed by atoms with Crippen LogP contribution in [0.1, 0.15) is 31.7 Å². The SMILES string of the molecule is CC[C@@H](Cc1ccc(-c2ccccc2)cc1)N1C(=O)CCC1=O. The molecule has 0 N–H and O–H groups in total. The van der Waals surface area contributed by atoms with E-state index in [0.717, 1.165) is 18.4 Å². The van der Waals surface area contributed by atoms with E-state index in [1.807, 2.05) is 25.1 Å². The van der Waals surface area contributed by atoms with E-state index < -0.39 is 0 Å². The first-order valence-electron chi connectivity index (χ1n) is 8.18. The molecule has 0 saturated carbocycles. The average Bonchev–Trinajstić information content (AvgIpc) is 2.93. The molecule has 1 aliphatic rings. The van der Waals surface area contributed by atoms with Gasteiger partial charge in [0.05, 0.1) is 0 Å². The molecule has 0 unspecified atom stereocenters. The summed E-state index contributed by atoms with van der Waals surface area (Å²) in [5.74, 6) is -0.0505. The Morgan fingerprint density at radius 2 is 1.43 bits per heavy atom. The lowest BCUT2D eigenvalue weighted by Gasteiger charge is -2.25. The minimum Gasteiger partial charge on any atom is -0.279 e. The Hall–Kier alpha value is -2.42. The largest absolute Gasteiger partial charge is 0.279 e. The fraction of sp³-hybridized carbons (Fsp3) is 0.300. The molecule has 1 heterocycles. The maximum atomic E-state index is 11.9. The molecule has 3 rings (SSSR count). The normalized spacial score (nSPS) is 16.0. The highest BCUT2D eigenvalue weighted by atomic mass is 16.2. The maximum absolute atomic E-state index is 11.9. The van der Waals surface area contributed by atoms with E-state index in [9.17, 15) is 9.59 Å². The third-order valence-corrected chi connectivity index (χ3v) is 4.46. The Kier molecular flexibility index (Phi) is 4.56. The van der Waals surface area contributed by atoms with Gasteiger partial charge in [-0.1, -0.05) is 61.5 Å². The van der Waals surface area contributed by atoms with Gasteiger partial charge in [-0.25, -0.2) is 0 Å². The van der Waals surface area contributed by atoms with Crippen LogP contribution in [0.2, 0.25) is 0 Å². The van der Waals surface area contributed by atoms with Gasteiger partial charge in [0.15, 0.2) is 0 Å². The van der Waals surface area contributed by atoms with Gasteiger partial charge in [0.25, 0.3) is 0 Å². The zero-order valence-corrected chi connectivity index (χ0v) is 13.4. The van der Waals surface area contributed by atoms with Gasteiger partial charge in [-0.15, -0.1) is 0 Å². The minimum atomic E-state index is -0.0277. The molecular formula is C20H21NO2.